The summed E-state index contributed by atoms with van der Waals surface area (Å²) >= 11 is 0. The topological polar surface area (TPSA) is 55.6 Å². The number of benzene rings is 1. The van der Waals surface area contributed by atoms with Crippen LogP contribution in [0.1, 0.15) is 5.56 Å². The van der Waals surface area contributed by atoms with Gasteiger partial charge >= 0.3 is 0 Å². The summed E-state index contributed by atoms with van der Waals surface area (Å²) in [7, 11) is 1.72. The van der Waals surface area contributed by atoms with Crippen molar-refractivity contribution in [3.8, 4) is 0 Å². The lowest BCUT2D eigenvalue weighted by atomic mass is 10.2. The minimum Gasteiger partial charge on any atom is -0.371 e. The molecule has 110 valence electrons. The van der Waals surface area contributed by atoms with E-state index in [1.54, 1.807) is 11.6 Å². The molecule has 0 saturated carbocycles. The van der Waals surface area contributed by atoms with Gasteiger partial charge in [-0.25, -0.2) is 23.7 Å². The predicted octanol–water partition coefficient (Wildman–Crippen LogP) is 2.62. The van der Waals surface area contributed by atoms with Crippen molar-refractivity contribution in [2.45, 2.75) is 6.54 Å². The molecule has 2 heterocycles. The quantitative estimate of drug-likeness (QED) is 0.808. The molecule has 1 aromatic carbocycles. The summed E-state index contributed by atoms with van der Waals surface area (Å²) in [5.74, 6) is -0.604. The zero-order valence-corrected chi connectivity index (χ0v) is 11.9. The second-order valence-corrected chi connectivity index (χ2v) is 4.22. The summed E-state index contributed by atoms with van der Waals surface area (Å²) in [4.78, 5) is 12.3. The van der Waals surface area contributed by atoms with Crippen molar-refractivity contribution in [3.05, 3.63) is 48.1 Å². The lowest BCUT2D eigenvalue weighted by molar-refractivity contribution is 0.546. The van der Waals surface area contributed by atoms with Crippen LogP contribution in [0.2, 0.25) is 0 Å². The number of fused-ring (bicyclic) bond motifs is 1. The number of hydrogen-bond acceptors (Lipinski definition) is 4. The molecule has 1 N–H and O–H groups in total. The van der Waals surface area contributed by atoms with Crippen LogP contribution in [0.4, 0.5) is 14.6 Å². The molecule has 0 atom stereocenters. The van der Waals surface area contributed by atoms with Crippen molar-refractivity contribution in [1.29, 1.82) is 0 Å². The van der Waals surface area contributed by atoms with Gasteiger partial charge in [0.25, 0.3) is 0 Å². The fraction of sp³-hybridized carbons (Fsp3) is 0.154. The zero-order chi connectivity index (χ0) is 14.1. The number of hydrogen-bond donors (Lipinski definition) is 1. The third-order valence-corrected chi connectivity index (χ3v) is 3.03. The molecular formula is C13H12ClF2N5. The van der Waals surface area contributed by atoms with Gasteiger partial charge in [0.2, 0.25) is 0 Å². The van der Waals surface area contributed by atoms with Crippen LogP contribution in [0.15, 0.2) is 30.9 Å². The maximum atomic E-state index is 13.7. The van der Waals surface area contributed by atoms with E-state index < -0.39 is 11.6 Å². The largest absolute Gasteiger partial charge is 0.371 e. The van der Waals surface area contributed by atoms with Crippen LogP contribution in [0, 0.1) is 11.6 Å². The van der Waals surface area contributed by atoms with Crippen LogP contribution < -0.4 is 5.32 Å². The normalized spacial score (nSPS) is 10.4. The first-order chi connectivity index (χ1) is 9.70. The molecule has 3 rings (SSSR count). The molecule has 5 nitrogen and oxygen atoms in total. The van der Waals surface area contributed by atoms with E-state index in [2.05, 4.69) is 20.3 Å². The van der Waals surface area contributed by atoms with Crippen molar-refractivity contribution >= 4 is 29.4 Å². The Labute approximate surface area is 125 Å². The molecule has 0 radical (unpaired) electrons. The summed E-state index contributed by atoms with van der Waals surface area (Å²) < 4.78 is 28.9. The molecule has 0 aliphatic rings. The number of nitrogens with zero attached hydrogens (tertiary/aromatic N) is 4. The fourth-order valence-electron chi connectivity index (χ4n) is 2.03. The summed E-state index contributed by atoms with van der Waals surface area (Å²) in [6.45, 7) is 0.0230. The van der Waals surface area contributed by atoms with Gasteiger partial charge in [-0.15, -0.1) is 12.4 Å². The van der Waals surface area contributed by atoms with Crippen molar-refractivity contribution in [2.75, 3.05) is 12.4 Å². The first-order valence-corrected chi connectivity index (χ1v) is 5.97. The molecule has 0 saturated heterocycles. The summed E-state index contributed by atoms with van der Waals surface area (Å²) in [6.07, 6.45) is 2.87. The lowest BCUT2D eigenvalue weighted by Gasteiger charge is -2.06. The van der Waals surface area contributed by atoms with Gasteiger partial charge in [-0.2, -0.15) is 0 Å². The van der Waals surface area contributed by atoms with E-state index >= 15 is 0 Å². The van der Waals surface area contributed by atoms with Crippen LogP contribution in [0.3, 0.4) is 0 Å². The van der Waals surface area contributed by atoms with E-state index in [0.717, 1.165) is 0 Å². The molecule has 2 aromatic heterocycles. The van der Waals surface area contributed by atoms with E-state index in [9.17, 15) is 8.78 Å². The van der Waals surface area contributed by atoms with E-state index in [-0.39, 0.29) is 24.5 Å². The molecule has 8 heteroatoms. The highest BCUT2D eigenvalue weighted by Gasteiger charge is 2.13. The van der Waals surface area contributed by atoms with Crippen LogP contribution in [0.5, 0.6) is 0 Å². The van der Waals surface area contributed by atoms with E-state index in [0.29, 0.717) is 17.0 Å². The summed E-state index contributed by atoms with van der Waals surface area (Å²) in [6, 6.07) is 3.79. The van der Waals surface area contributed by atoms with Gasteiger partial charge in [0.1, 0.15) is 23.5 Å². The van der Waals surface area contributed by atoms with Crippen molar-refractivity contribution in [2.24, 2.45) is 0 Å². The molecule has 0 amide bonds. The van der Waals surface area contributed by atoms with Crippen molar-refractivity contribution in [3.63, 3.8) is 0 Å². The van der Waals surface area contributed by atoms with Crippen LogP contribution in [-0.2, 0) is 6.54 Å². The Kier molecular flexibility index (Phi) is 4.32. The van der Waals surface area contributed by atoms with Crippen molar-refractivity contribution in [1.82, 2.24) is 19.5 Å². The van der Waals surface area contributed by atoms with Crippen LogP contribution in [-0.4, -0.2) is 26.6 Å². The third-order valence-electron chi connectivity index (χ3n) is 3.03. The smallest absolute Gasteiger partial charge is 0.165 e. The molecule has 0 aliphatic carbocycles. The van der Waals surface area contributed by atoms with Gasteiger partial charge in [0.15, 0.2) is 11.5 Å². The molecule has 0 fully saturated rings. The number of nitrogens with one attached hydrogen (secondary N) is 1. The predicted molar refractivity (Wildman–Crippen MR) is 77.6 cm³/mol. The Morgan fingerprint density at radius 1 is 1.14 bits per heavy atom. The number of halogens is 3. The van der Waals surface area contributed by atoms with E-state index in [1.807, 2.05) is 0 Å². The average Bonchev–Trinajstić information content (AvgIpc) is 2.86. The number of imidazole rings is 1. The van der Waals surface area contributed by atoms with E-state index in [4.69, 9.17) is 0 Å². The Balaban J connectivity index is 0.00000161. The molecule has 3 aromatic rings. The molecule has 0 aliphatic heterocycles. The molecule has 0 spiro atoms. The van der Waals surface area contributed by atoms with Gasteiger partial charge in [-0.3, -0.25) is 0 Å². The lowest BCUT2D eigenvalue weighted by Crippen LogP contribution is -2.05. The SMILES string of the molecule is CNc1ncnc2c1ncn2Cc1c(F)cccc1F.Cl. The monoisotopic (exact) mass is 311 g/mol. The zero-order valence-electron chi connectivity index (χ0n) is 11.0. The molecular weight excluding hydrogens is 300 g/mol. The third kappa shape index (κ3) is 2.64. The Hall–Kier alpha value is -2.28. The highest BCUT2D eigenvalue weighted by molar-refractivity contribution is 5.85. The van der Waals surface area contributed by atoms with Gasteiger partial charge in [-0.05, 0) is 12.1 Å². The van der Waals surface area contributed by atoms with E-state index in [1.165, 1.54) is 30.9 Å². The number of anilines is 1. The fourth-order valence-corrected chi connectivity index (χ4v) is 2.03. The number of aromatic nitrogens is 4. The first-order valence-electron chi connectivity index (χ1n) is 5.97. The highest BCUT2D eigenvalue weighted by atomic mass is 35.5. The van der Waals surface area contributed by atoms with Crippen molar-refractivity contribution < 1.29 is 8.78 Å². The van der Waals surface area contributed by atoms with Crippen LogP contribution >= 0.6 is 12.4 Å². The van der Waals surface area contributed by atoms with Gasteiger partial charge in [0.05, 0.1) is 12.9 Å². The molecule has 0 unspecified atom stereocenters. The number of rotatable bonds is 3. The minimum atomic E-state index is -0.588. The Morgan fingerprint density at radius 2 is 1.86 bits per heavy atom. The van der Waals surface area contributed by atoms with Gasteiger partial charge < -0.3 is 9.88 Å². The molecule has 0 bridgehead atoms. The summed E-state index contributed by atoms with van der Waals surface area (Å²) in [5.41, 5.74) is 1.06. The Bertz CT molecular complexity index is 754. The maximum absolute atomic E-state index is 13.7. The highest BCUT2D eigenvalue weighted by Crippen LogP contribution is 2.19. The first kappa shape index (κ1) is 15.1. The second-order valence-electron chi connectivity index (χ2n) is 4.22. The van der Waals surface area contributed by atoms with Gasteiger partial charge in [0, 0.05) is 12.6 Å². The minimum absolute atomic E-state index is 0. The molecule has 21 heavy (non-hydrogen) atoms. The Morgan fingerprint density at radius 3 is 2.52 bits per heavy atom. The van der Waals surface area contributed by atoms with Gasteiger partial charge in [-0.1, -0.05) is 6.07 Å². The maximum Gasteiger partial charge on any atom is 0.165 e. The second kappa shape index (κ2) is 6.01. The van der Waals surface area contributed by atoms with Crippen LogP contribution in [0.25, 0.3) is 11.2 Å². The average molecular weight is 312 g/mol. The standard InChI is InChI=1S/C13H11F2N5.ClH/c1-16-12-11-13(18-6-17-12)20(7-19-11)5-8-9(14)3-2-4-10(8)15;/h2-4,6-7H,5H2,1H3,(H,16,17,18);1H. The summed E-state index contributed by atoms with van der Waals surface area (Å²) in [5, 5.41) is 2.89.